The molecule has 32 nitrogen and oxygen atoms in total. The van der Waals surface area contributed by atoms with Crippen molar-refractivity contribution in [2.24, 2.45) is 5.92 Å². The number of ether oxygens (including phenoxy) is 6. The second-order valence-electron chi connectivity index (χ2n) is 25.2. The molecule has 0 aliphatic carbocycles. The van der Waals surface area contributed by atoms with Gasteiger partial charge in [-0.05, 0) is 65.9 Å². The van der Waals surface area contributed by atoms with Gasteiger partial charge in [0.15, 0.2) is 5.11 Å². The van der Waals surface area contributed by atoms with Crippen LogP contribution in [0.25, 0.3) is 0 Å². The van der Waals surface area contributed by atoms with Gasteiger partial charge < -0.3 is 79.9 Å². The Labute approximate surface area is 589 Å². The Morgan fingerprint density at radius 1 is 0.762 bits per heavy atom. The first kappa shape index (κ1) is 80.3. The summed E-state index contributed by atoms with van der Waals surface area (Å²) in [6.07, 6.45) is 3.26. The molecule has 5 atom stereocenters. The molecule has 556 valence electrons. The average Bonchev–Trinajstić information content (AvgIpc) is 1.65. The standard InChI is InChI=1S/C66H94F2N14O18S/c1-2-3-7-55(73-65(101)71-50-10-8-46(9-11-50)30-52-38-78(42-60(88)89)16-15-76(40-58(84)85)13-14-77(41-59(86)87)17-18-79(52)43-61(90)91)63(93)70-12-19-95-20-21-96-22-23-97-24-25-98-26-27-99-28-29-100-44-51-37-81(75-74-51)36-48-6-4-5-47-35-80(39-54(47)48)57(83)32-49-31-56(72-62(49)92)64(94)82-45-66(67,68)33-53(82)34-69/h4-6,8-11,37,49,52-53,55-56H,2-3,7,12-33,35-36,38-45H2,1H3,(H,70,93)(H,72,92)(H,84,85)(H,86,87)(H,88,89)(H,90,91)(H2,71,73,101)/t49-,52?,53+,55-,56-/m1/s1. The van der Waals surface area contributed by atoms with E-state index in [0.717, 1.165) is 40.0 Å². The fourth-order valence-corrected chi connectivity index (χ4v) is 12.5. The highest BCUT2D eigenvalue weighted by atomic mass is 32.1. The molecule has 7 rings (SSSR count). The van der Waals surface area contributed by atoms with Gasteiger partial charge >= 0.3 is 23.9 Å². The number of nitrogens with one attached hydrogen (secondary N) is 4. The Bertz CT molecular complexity index is 3260. The van der Waals surface area contributed by atoms with Gasteiger partial charge in [0.05, 0.1) is 131 Å². The van der Waals surface area contributed by atoms with E-state index in [0.29, 0.717) is 110 Å². The maximum absolute atomic E-state index is 14.0. The van der Waals surface area contributed by atoms with Crippen molar-refractivity contribution in [2.45, 2.75) is 108 Å². The minimum absolute atomic E-state index is 0.0279. The number of carbonyl (C=O) groups excluding carboxylic acids is 4. The third kappa shape index (κ3) is 28.0. The summed E-state index contributed by atoms with van der Waals surface area (Å²) in [5, 5.41) is 68.7. The van der Waals surface area contributed by atoms with Crippen molar-refractivity contribution in [3.8, 4) is 6.07 Å². The number of thiocarbonyl (C=S) groups is 1. The van der Waals surface area contributed by atoms with Crippen molar-refractivity contribution in [3.05, 3.63) is 76.6 Å². The summed E-state index contributed by atoms with van der Waals surface area (Å²) in [4.78, 5) is 109. The number of likely N-dealkylation sites (tertiary alicyclic amines) is 1. The lowest BCUT2D eigenvalue weighted by Gasteiger charge is -2.37. The van der Waals surface area contributed by atoms with Gasteiger partial charge in [0.25, 0.3) is 5.92 Å². The predicted octanol–water partition coefficient (Wildman–Crippen LogP) is 0.555. The van der Waals surface area contributed by atoms with E-state index in [1.807, 2.05) is 37.3 Å². The van der Waals surface area contributed by atoms with E-state index in [1.54, 1.807) is 53.6 Å². The molecule has 2 aromatic carbocycles. The average molecular weight is 1440 g/mol. The van der Waals surface area contributed by atoms with Crippen LogP contribution < -0.4 is 21.3 Å². The normalized spacial score (nSPS) is 19.5. The van der Waals surface area contributed by atoms with Gasteiger partial charge in [-0.15, -0.1) is 5.10 Å². The highest BCUT2D eigenvalue weighted by Crippen LogP contribution is 2.34. The van der Waals surface area contributed by atoms with Gasteiger partial charge in [0.1, 0.15) is 23.8 Å². The maximum Gasteiger partial charge on any atom is 0.317 e. The van der Waals surface area contributed by atoms with Gasteiger partial charge in [-0.25, -0.2) is 13.5 Å². The van der Waals surface area contributed by atoms with Crippen molar-refractivity contribution in [1.82, 2.24) is 60.3 Å². The summed E-state index contributed by atoms with van der Waals surface area (Å²) in [5.41, 5.74) is 4.88. The van der Waals surface area contributed by atoms with Crippen molar-refractivity contribution in [1.29, 1.82) is 5.26 Å². The van der Waals surface area contributed by atoms with Gasteiger partial charge in [-0.1, -0.05) is 55.3 Å². The van der Waals surface area contributed by atoms with E-state index < -0.39 is 84.7 Å². The molecule has 101 heavy (non-hydrogen) atoms. The predicted molar refractivity (Wildman–Crippen MR) is 360 cm³/mol. The fraction of sp³-hybridized carbons (Fsp3) is 0.636. The molecule has 1 aromatic heterocycles. The zero-order chi connectivity index (χ0) is 72.7. The first-order valence-corrected chi connectivity index (χ1v) is 34.3. The summed E-state index contributed by atoms with van der Waals surface area (Å²) < 4.78 is 63.5. The van der Waals surface area contributed by atoms with Gasteiger partial charge in [-0.2, -0.15) is 5.26 Å². The Hall–Kier alpha value is -8.02. The highest BCUT2D eigenvalue weighted by molar-refractivity contribution is 7.80. The number of carboxylic acids is 4. The molecule has 8 N–H and O–H groups in total. The SMILES string of the molecule is CCCC[C@@H](NC(=S)Nc1ccc(CC2CN(CC(=O)O)CCN(CC(=O)O)CCN(CC(=O)O)CCN2CC(=O)O)cc1)C(=O)NCCOCCOCCOCCOCCOCCOCc1cn(Cc2cccc3c2CN(C(=O)C[C@H]2C[C@H](C(=O)N4CC(F)(F)C[C@H]4C#N)NC2=O)C3)nn1. The first-order valence-electron chi connectivity index (χ1n) is 33.9. The Morgan fingerprint density at radius 2 is 1.35 bits per heavy atom. The molecule has 4 amide bonds. The Morgan fingerprint density at radius 3 is 1.95 bits per heavy atom. The summed E-state index contributed by atoms with van der Waals surface area (Å²) in [6.45, 7) is 6.16. The zero-order valence-electron chi connectivity index (χ0n) is 56.9. The van der Waals surface area contributed by atoms with Crippen LogP contribution in [-0.2, 0) is 99.4 Å². The van der Waals surface area contributed by atoms with E-state index >= 15 is 0 Å². The van der Waals surface area contributed by atoms with Gasteiger partial charge in [0, 0.05) is 95.9 Å². The highest BCUT2D eigenvalue weighted by Gasteiger charge is 2.50. The topological polar surface area (TPSA) is 395 Å². The second-order valence-corrected chi connectivity index (χ2v) is 25.6. The first-order chi connectivity index (χ1) is 48.5. The molecule has 3 saturated heterocycles. The molecule has 0 spiro atoms. The number of hydrogen-bond donors (Lipinski definition) is 8. The maximum atomic E-state index is 14.0. The molecule has 4 aliphatic heterocycles. The lowest BCUT2D eigenvalue weighted by molar-refractivity contribution is -0.142. The summed E-state index contributed by atoms with van der Waals surface area (Å²) in [6, 6.07) is 11.2. The van der Waals surface area contributed by atoms with Crippen molar-refractivity contribution in [2.75, 3.05) is 163 Å². The van der Waals surface area contributed by atoms with Crippen LogP contribution in [0.5, 0.6) is 0 Å². The Balaban J connectivity index is 0.694. The largest absolute Gasteiger partial charge is 0.480 e. The van der Waals surface area contributed by atoms with Crippen LogP contribution in [0.4, 0.5) is 14.5 Å². The number of rotatable bonds is 41. The number of aliphatic carboxylic acids is 4. The number of hydrogen-bond acceptors (Lipinski definition) is 22. The minimum Gasteiger partial charge on any atom is -0.480 e. The number of carboxylic acid groups (broad SMARTS) is 4. The van der Waals surface area contributed by atoms with E-state index in [4.69, 9.17) is 40.6 Å². The van der Waals surface area contributed by atoms with Gasteiger partial charge in [0.2, 0.25) is 23.6 Å². The molecule has 4 aliphatic rings. The molecule has 0 bridgehead atoms. The number of aromatic nitrogens is 3. The minimum atomic E-state index is -3.19. The number of amides is 4. The van der Waals surface area contributed by atoms with Crippen LogP contribution in [0, 0.1) is 17.2 Å². The fourth-order valence-electron chi connectivity index (χ4n) is 12.3. The van der Waals surface area contributed by atoms with Crippen LogP contribution in [0.15, 0.2) is 48.7 Å². The molecule has 1 unspecified atom stereocenters. The second kappa shape index (κ2) is 41.8. The molecular weight excluding hydrogens is 1350 g/mol. The molecule has 3 fully saturated rings. The van der Waals surface area contributed by atoms with Gasteiger partial charge in [-0.3, -0.25) is 58.0 Å². The summed E-state index contributed by atoms with van der Waals surface area (Å²) in [5.74, 6) is -10.2. The number of anilines is 1. The number of carbonyl (C=O) groups is 8. The molecule has 0 radical (unpaired) electrons. The van der Waals surface area contributed by atoms with Crippen LogP contribution in [0.1, 0.15) is 73.4 Å². The number of alkyl halides is 2. The number of nitrogens with zero attached hydrogens (tertiary/aromatic N) is 10. The van der Waals surface area contributed by atoms with Crippen LogP contribution in [-0.4, -0.2) is 305 Å². The van der Waals surface area contributed by atoms with E-state index in [-0.39, 0.29) is 122 Å². The molecule has 3 aromatic rings. The lowest BCUT2D eigenvalue weighted by atomic mass is 9.99. The summed E-state index contributed by atoms with van der Waals surface area (Å²) >= 11 is 5.63. The Kier molecular flexibility index (Phi) is 33.2. The third-order valence-corrected chi connectivity index (χ3v) is 17.6. The molecule has 35 heteroatoms. The summed E-state index contributed by atoms with van der Waals surface area (Å²) in [7, 11) is 0. The van der Waals surface area contributed by atoms with E-state index in [1.165, 1.54) is 0 Å². The smallest absolute Gasteiger partial charge is 0.317 e. The third-order valence-electron chi connectivity index (χ3n) is 17.4. The quantitative estimate of drug-likeness (QED) is 0.0284. The van der Waals surface area contributed by atoms with Crippen molar-refractivity contribution in [3.63, 3.8) is 0 Å². The van der Waals surface area contributed by atoms with Crippen molar-refractivity contribution < 1.29 is 96.0 Å². The van der Waals surface area contributed by atoms with E-state index in [9.17, 15) is 72.8 Å². The molecule has 5 heterocycles. The van der Waals surface area contributed by atoms with Crippen molar-refractivity contribution >= 4 is 70.5 Å². The number of halogens is 2. The molecular formula is C66H94F2N14O18S. The number of nitriles is 1. The monoisotopic (exact) mass is 1440 g/mol. The number of benzene rings is 2. The lowest BCUT2D eigenvalue weighted by Crippen LogP contribution is -2.53. The number of unbranched alkanes of at least 4 members (excludes halogenated alkanes) is 1. The zero-order valence-corrected chi connectivity index (χ0v) is 57.7. The van der Waals surface area contributed by atoms with E-state index in [2.05, 4.69) is 31.6 Å². The van der Waals surface area contributed by atoms with Crippen LogP contribution in [0.3, 0.4) is 0 Å². The number of fused-ring (bicyclic) bond motifs is 1. The van der Waals surface area contributed by atoms with Crippen LogP contribution >= 0.6 is 12.2 Å². The molecule has 0 saturated carbocycles. The van der Waals surface area contributed by atoms with Crippen LogP contribution in [0.2, 0.25) is 0 Å².